The Morgan fingerprint density at radius 2 is 2.26 bits per heavy atom. The van der Waals surface area contributed by atoms with E-state index in [2.05, 4.69) is 21.5 Å². The van der Waals surface area contributed by atoms with Crippen LogP contribution >= 0.6 is 11.8 Å². The molecular weight excluding hydrogens is 314 g/mol. The molecule has 0 saturated carbocycles. The highest BCUT2D eigenvalue weighted by Crippen LogP contribution is 2.19. The van der Waals surface area contributed by atoms with E-state index in [1.54, 1.807) is 6.08 Å². The molecule has 0 atom stereocenters. The van der Waals surface area contributed by atoms with Gasteiger partial charge in [-0.1, -0.05) is 30.0 Å². The van der Waals surface area contributed by atoms with E-state index in [-0.39, 0.29) is 11.7 Å². The molecule has 0 amide bonds. The molecule has 0 saturated heterocycles. The van der Waals surface area contributed by atoms with Crippen molar-refractivity contribution in [3.05, 3.63) is 48.3 Å². The summed E-state index contributed by atoms with van der Waals surface area (Å²) in [7, 11) is 1.36. The van der Waals surface area contributed by atoms with Crippen LogP contribution in [0.3, 0.4) is 0 Å². The highest BCUT2D eigenvalue weighted by atomic mass is 32.2. The molecule has 0 N–H and O–H groups in total. The summed E-state index contributed by atoms with van der Waals surface area (Å²) in [5.74, 6) is 1.34. The van der Waals surface area contributed by atoms with Crippen molar-refractivity contribution in [1.29, 1.82) is 0 Å². The number of rotatable bonds is 8. The zero-order valence-corrected chi connectivity index (χ0v) is 14.0. The lowest BCUT2D eigenvalue weighted by Gasteiger charge is -2.09. The van der Waals surface area contributed by atoms with E-state index < -0.39 is 0 Å². The van der Waals surface area contributed by atoms with Crippen LogP contribution in [-0.2, 0) is 22.7 Å². The maximum atomic E-state index is 11.3. The summed E-state index contributed by atoms with van der Waals surface area (Å²) in [6.45, 7) is 6.59. The van der Waals surface area contributed by atoms with Crippen LogP contribution in [0.1, 0.15) is 11.4 Å². The average molecular weight is 333 g/mol. The van der Waals surface area contributed by atoms with E-state index >= 15 is 0 Å². The third-order valence-corrected chi connectivity index (χ3v) is 3.95. The standard InChI is InChI=1S/C16H19N3O3S/c1-4-8-19-14(10-22-13-7-5-6-12(2)9-13)17-18-16(19)23-11-15(20)21-3/h4-7,9H,1,8,10-11H2,2-3H3. The van der Waals surface area contributed by atoms with Gasteiger partial charge in [0.1, 0.15) is 12.4 Å². The number of carbonyl (C=O) groups excluding carboxylic acids is 1. The fraction of sp³-hybridized carbons (Fsp3) is 0.312. The number of thioether (sulfide) groups is 1. The van der Waals surface area contributed by atoms with Crippen molar-refractivity contribution in [3.63, 3.8) is 0 Å². The predicted molar refractivity (Wildman–Crippen MR) is 88.5 cm³/mol. The van der Waals surface area contributed by atoms with Crippen molar-refractivity contribution >= 4 is 17.7 Å². The molecule has 7 heteroatoms. The fourth-order valence-electron chi connectivity index (χ4n) is 1.88. The van der Waals surface area contributed by atoms with Crippen molar-refractivity contribution in [2.45, 2.75) is 25.2 Å². The molecule has 0 unspecified atom stereocenters. The van der Waals surface area contributed by atoms with E-state index in [1.807, 2.05) is 35.8 Å². The number of aryl methyl sites for hydroxylation is 1. The predicted octanol–water partition coefficient (Wildman–Crippen LogP) is 2.62. The van der Waals surface area contributed by atoms with Gasteiger partial charge in [0.25, 0.3) is 0 Å². The lowest BCUT2D eigenvalue weighted by Crippen LogP contribution is -2.09. The molecule has 0 fully saturated rings. The van der Waals surface area contributed by atoms with Gasteiger partial charge in [0.05, 0.1) is 12.9 Å². The second-order valence-corrected chi connectivity index (χ2v) is 5.71. The Kier molecular flexibility index (Phi) is 6.22. The Hall–Kier alpha value is -2.28. The van der Waals surface area contributed by atoms with Gasteiger partial charge in [0.2, 0.25) is 0 Å². The van der Waals surface area contributed by atoms with E-state index in [0.717, 1.165) is 11.3 Å². The Balaban J connectivity index is 2.07. The van der Waals surface area contributed by atoms with Crippen LogP contribution < -0.4 is 4.74 Å². The monoisotopic (exact) mass is 333 g/mol. The first-order valence-electron chi connectivity index (χ1n) is 7.06. The van der Waals surface area contributed by atoms with Crippen LogP contribution in [0.2, 0.25) is 0 Å². The number of hydrogen-bond acceptors (Lipinski definition) is 6. The number of benzene rings is 1. The third-order valence-electron chi connectivity index (χ3n) is 3.01. The van der Waals surface area contributed by atoms with Gasteiger partial charge in [-0.2, -0.15) is 0 Å². The third kappa shape index (κ3) is 4.85. The molecule has 2 aromatic rings. The van der Waals surface area contributed by atoms with Crippen LogP contribution in [0.4, 0.5) is 0 Å². The van der Waals surface area contributed by atoms with Crippen LogP contribution in [-0.4, -0.2) is 33.6 Å². The van der Waals surface area contributed by atoms with Gasteiger partial charge in [-0.05, 0) is 24.6 Å². The molecule has 23 heavy (non-hydrogen) atoms. The number of esters is 1. The fourth-order valence-corrected chi connectivity index (χ4v) is 2.68. The van der Waals surface area contributed by atoms with Gasteiger partial charge in [0, 0.05) is 6.54 Å². The molecule has 0 aliphatic heterocycles. The second-order valence-electron chi connectivity index (χ2n) is 4.77. The van der Waals surface area contributed by atoms with E-state index in [9.17, 15) is 4.79 Å². The summed E-state index contributed by atoms with van der Waals surface area (Å²) in [6, 6.07) is 7.81. The van der Waals surface area contributed by atoms with Gasteiger partial charge >= 0.3 is 5.97 Å². The van der Waals surface area contributed by atoms with Crippen LogP contribution in [0.25, 0.3) is 0 Å². The molecular formula is C16H19N3O3S. The average Bonchev–Trinajstić information content (AvgIpc) is 2.93. The van der Waals surface area contributed by atoms with Crippen LogP contribution in [0, 0.1) is 6.92 Å². The number of hydrogen-bond donors (Lipinski definition) is 0. The molecule has 1 aromatic heterocycles. The Morgan fingerprint density at radius 1 is 1.43 bits per heavy atom. The number of allylic oxidation sites excluding steroid dienone is 1. The second kappa shape index (κ2) is 8.38. The molecule has 1 aromatic carbocycles. The van der Waals surface area contributed by atoms with Crippen molar-refractivity contribution in [2.24, 2.45) is 0 Å². The van der Waals surface area contributed by atoms with Crippen molar-refractivity contribution in [1.82, 2.24) is 14.8 Å². The summed E-state index contributed by atoms with van der Waals surface area (Å²) in [6.07, 6.45) is 1.75. The zero-order chi connectivity index (χ0) is 16.7. The number of methoxy groups -OCH3 is 1. The molecule has 0 aliphatic rings. The van der Waals surface area contributed by atoms with Crippen molar-refractivity contribution in [3.8, 4) is 5.75 Å². The molecule has 0 bridgehead atoms. The maximum absolute atomic E-state index is 11.3. The minimum atomic E-state index is -0.305. The normalized spacial score (nSPS) is 10.3. The Labute approximate surface area is 139 Å². The topological polar surface area (TPSA) is 66.2 Å². The summed E-state index contributed by atoms with van der Waals surface area (Å²) >= 11 is 1.28. The highest BCUT2D eigenvalue weighted by Gasteiger charge is 2.14. The zero-order valence-electron chi connectivity index (χ0n) is 13.2. The lowest BCUT2D eigenvalue weighted by atomic mass is 10.2. The van der Waals surface area contributed by atoms with E-state index in [4.69, 9.17) is 4.74 Å². The van der Waals surface area contributed by atoms with Gasteiger partial charge in [-0.3, -0.25) is 9.36 Å². The summed E-state index contributed by atoms with van der Waals surface area (Å²) in [4.78, 5) is 11.3. The van der Waals surface area contributed by atoms with E-state index in [1.165, 1.54) is 18.9 Å². The molecule has 0 radical (unpaired) electrons. The van der Waals surface area contributed by atoms with Crippen LogP contribution in [0.5, 0.6) is 5.75 Å². The van der Waals surface area contributed by atoms with Gasteiger partial charge < -0.3 is 9.47 Å². The van der Waals surface area contributed by atoms with Crippen LogP contribution in [0.15, 0.2) is 42.1 Å². The quantitative estimate of drug-likeness (QED) is 0.420. The van der Waals surface area contributed by atoms with Gasteiger partial charge in [-0.25, -0.2) is 0 Å². The molecule has 6 nitrogen and oxygen atoms in total. The first-order chi connectivity index (χ1) is 11.1. The maximum Gasteiger partial charge on any atom is 0.316 e. The smallest absolute Gasteiger partial charge is 0.316 e. The molecule has 122 valence electrons. The lowest BCUT2D eigenvalue weighted by molar-refractivity contribution is -0.137. The Morgan fingerprint density at radius 3 is 2.96 bits per heavy atom. The molecule has 0 aliphatic carbocycles. The number of aromatic nitrogens is 3. The van der Waals surface area contributed by atoms with Gasteiger partial charge in [-0.15, -0.1) is 16.8 Å². The summed E-state index contributed by atoms with van der Waals surface area (Å²) < 4.78 is 12.3. The first-order valence-corrected chi connectivity index (χ1v) is 8.04. The Bertz CT molecular complexity index is 685. The minimum Gasteiger partial charge on any atom is -0.486 e. The van der Waals surface area contributed by atoms with Crippen molar-refractivity contribution in [2.75, 3.05) is 12.9 Å². The molecule has 0 spiro atoms. The number of carbonyl (C=O) groups is 1. The first kappa shape index (κ1) is 17.1. The van der Waals surface area contributed by atoms with Crippen molar-refractivity contribution < 1.29 is 14.3 Å². The summed E-state index contributed by atoms with van der Waals surface area (Å²) in [5, 5.41) is 8.89. The van der Waals surface area contributed by atoms with E-state index in [0.29, 0.717) is 24.1 Å². The highest BCUT2D eigenvalue weighted by molar-refractivity contribution is 7.99. The summed E-state index contributed by atoms with van der Waals surface area (Å²) in [5.41, 5.74) is 1.13. The molecule has 1 heterocycles. The SMILES string of the molecule is C=CCn1c(COc2cccc(C)c2)nnc1SCC(=O)OC. The molecule has 2 rings (SSSR count). The number of ether oxygens (including phenoxy) is 2. The van der Waals surface area contributed by atoms with Gasteiger partial charge in [0.15, 0.2) is 11.0 Å². The largest absolute Gasteiger partial charge is 0.486 e. The number of nitrogens with zero attached hydrogens (tertiary/aromatic N) is 3. The minimum absolute atomic E-state index is 0.185.